The Labute approximate surface area is 327 Å². The zero-order chi connectivity index (χ0) is 38.1. The number of ether oxygens (including phenoxy) is 2. The first-order valence-corrected chi connectivity index (χ1v) is 19.6. The first-order valence-electron chi connectivity index (χ1n) is 19.2. The van der Waals surface area contributed by atoms with Gasteiger partial charge in [-0.1, -0.05) is 54.1 Å². The number of phenols is 1. The number of fused-ring (bicyclic) bond motifs is 1. The van der Waals surface area contributed by atoms with E-state index in [2.05, 4.69) is 26.5 Å². The molecule has 0 spiro atoms. The first-order chi connectivity index (χ1) is 26.9. The van der Waals surface area contributed by atoms with Crippen molar-refractivity contribution in [1.29, 1.82) is 5.26 Å². The van der Waals surface area contributed by atoms with Crippen molar-refractivity contribution in [2.75, 3.05) is 44.6 Å². The Balaban J connectivity index is 1.25. The second-order valence-corrected chi connectivity index (χ2v) is 14.5. The maximum atomic E-state index is 13.2. The molecule has 1 amide bonds. The maximum Gasteiger partial charge on any atom is 0.255 e. The molecular weight excluding hydrogens is 712 g/mol. The highest BCUT2D eigenvalue weighted by Crippen LogP contribution is 2.44. The number of halogens is 1. The quantitative estimate of drug-likeness (QED) is 0.0963. The predicted octanol–water partition coefficient (Wildman–Crippen LogP) is 8.61. The topological polar surface area (TPSA) is 123 Å². The number of aromatic hydroxyl groups is 1. The van der Waals surface area contributed by atoms with Gasteiger partial charge in [0.1, 0.15) is 29.9 Å². The summed E-state index contributed by atoms with van der Waals surface area (Å²) in [6.45, 7) is 7.07. The van der Waals surface area contributed by atoms with Crippen molar-refractivity contribution in [2.24, 2.45) is 0 Å². The molecule has 10 nitrogen and oxygen atoms in total. The van der Waals surface area contributed by atoms with Crippen LogP contribution >= 0.6 is 11.6 Å². The van der Waals surface area contributed by atoms with Gasteiger partial charge in [0.15, 0.2) is 0 Å². The number of carbonyl (C=O) groups excluding carboxylic acids is 1. The van der Waals surface area contributed by atoms with E-state index in [-0.39, 0.29) is 29.3 Å². The summed E-state index contributed by atoms with van der Waals surface area (Å²) in [5.41, 5.74) is 4.81. The van der Waals surface area contributed by atoms with Crippen LogP contribution < -0.4 is 20.1 Å². The summed E-state index contributed by atoms with van der Waals surface area (Å²) < 4.78 is 12.4. The van der Waals surface area contributed by atoms with E-state index in [0.717, 1.165) is 79.6 Å². The molecule has 2 unspecified atom stereocenters. The van der Waals surface area contributed by atoms with Crippen LogP contribution in [0.4, 0.5) is 11.4 Å². The van der Waals surface area contributed by atoms with Gasteiger partial charge in [-0.25, -0.2) is 0 Å². The van der Waals surface area contributed by atoms with Crippen LogP contribution in [0, 0.1) is 11.3 Å². The lowest BCUT2D eigenvalue weighted by molar-refractivity contribution is 0.0899. The van der Waals surface area contributed by atoms with Gasteiger partial charge in [-0.2, -0.15) is 5.26 Å². The molecular formula is C44H47ClN6O4. The molecule has 11 heteroatoms. The number of phenolic OH excluding ortho intramolecular Hbond substituents is 1. The molecule has 3 heterocycles. The number of hydrogen-bond acceptors (Lipinski definition) is 9. The molecule has 0 saturated carbocycles. The lowest BCUT2D eigenvalue weighted by Crippen LogP contribution is -2.46. The number of likely N-dealkylation sites (tertiary alicyclic amines) is 2. The van der Waals surface area contributed by atoms with Crippen LogP contribution in [0.25, 0.3) is 10.9 Å². The molecule has 2 fully saturated rings. The third-order valence-corrected chi connectivity index (χ3v) is 10.9. The van der Waals surface area contributed by atoms with Crippen LogP contribution in [0.3, 0.4) is 0 Å². The number of rotatable bonds is 15. The number of hydrogen-bond donors (Lipinski definition) is 3. The number of aromatic nitrogens is 1. The lowest BCUT2D eigenvalue weighted by atomic mass is 9.90. The molecule has 284 valence electrons. The summed E-state index contributed by atoms with van der Waals surface area (Å²) in [4.78, 5) is 23.3. The zero-order valence-corrected chi connectivity index (χ0v) is 31.9. The van der Waals surface area contributed by atoms with Gasteiger partial charge >= 0.3 is 0 Å². The van der Waals surface area contributed by atoms with Gasteiger partial charge < -0.3 is 25.2 Å². The number of anilines is 2. The van der Waals surface area contributed by atoms with Gasteiger partial charge in [0.05, 0.1) is 40.0 Å². The van der Waals surface area contributed by atoms with Crippen LogP contribution in [-0.2, 0) is 6.61 Å². The van der Waals surface area contributed by atoms with Crippen molar-refractivity contribution in [3.8, 4) is 23.3 Å². The Hall–Kier alpha value is -5.34. The van der Waals surface area contributed by atoms with E-state index in [0.29, 0.717) is 53.9 Å². The fourth-order valence-corrected chi connectivity index (χ4v) is 8.21. The molecule has 2 saturated heterocycles. The van der Waals surface area contributed by atoms with Gasteiger partial charge in [-0.05, 0) is 113 Å². The number of carbonyl (C=O) groups is 1. The van der Waals surface area contributed by atoms with Crippen molar-refractivity contribution >= 4 is 39.8 Å². The van der Waals surface area contributed by atoms with E-state index in [1.54, 1.807) is 24.4 Å². The Kier molecular flexibility index (Phi) is 12.3. The van der Waals surface area contributed by atoms with E-state index < -0.39 is 0 Å². The minimum atomic E-state index is -0.298. The second kappa shape index (κ2) is 17.9. The fourth-order valence-electron chi connectivity index (χ4n) is 7.98. The molecule has 3 N–H and O–H groups in total. The van der Waals surface area contributed by atoms with Crippen LogP contribution in [0.1, 0.15) is 72.1 Å². The molecule has 0 aliphatic carbocycles. The minimum absolute atomic E-state index is 0.0335. The summed E-state index contributed by atoms with van der Waals surface area (Å²) >= 11 is 6.74. The van der Waals surface area contributed by atoms with Gasteiger partial charge in [0.2, 0.25) is 0 Å². The number of amides is 1. The molecule has 55 heavy (non-hydrogen) atoms. The Morgan fingerprint density at radius 2 is 1.64 bits per heavy atom. The number of nitrogens with zero attached hydrogens (tertiary/aromatic N) is 4. The van der Waals surface area contributed by atoms with Crippen molar-refractivity contribution < 1.29 is 19.4 Å². The largest absolute Gasteiger partial charge is 0.507 e. The third-order valence-electron chi connectivity index (χ3n) is 10.6. The number of nitriles is 1. The number of pyridine rings is 1. The minimum Gasteiger partial charge on any atom is -0.507 e. The standard InChI is InChI=1S/C44H47ClN6O4/c1-2-54-39-19-17-34-41(49-32-16-18-38(35(45)26-32)55-29-30-12-4-3-5-13-30)31(27-46)28-48-42(34)40(39)43(51-24-10-11-25-51)36(50-22-8-9-23-50)20-21-47-44(53)33-14-6-7-15-37(33)52/h3-7,12-19,26,28,36,43,52H,2,8-11,20-25,29H2,1H3,(H,47,53)(H,48,49). The molecule has 2 atom stereocenters. The normalized spacial score (nSPS) is 15.7. The molecule has 0 radical (unpaired) electrons. The highest BCUT2D eigenvalue weighted by molar-refractivity contribution is 6.32. The third kappa shape index (κ3) is 8.65. The van der Waals surface area contributed by atoms with Crippen LogP contribution in [-0.4, -0.2) is 71.2 Å². The van der Waals surface area contributed by atoms with Crippen molar-refractivity contribution in [3.63, 3.8) is 0 Å². The van der Waals surface area contributed by atoms with Crippen LogP contribution in [0.2, 0.25) is 5.02 Å². The van der Waals surface area contributed by atoms with Gasteiger partial charge in [0, 0.05) is 35.4 Å². The monoisotopic (exact) mass is 758 g/mol. The maximum absolute atomic E-state index is 13.2. The molecule has 5 aromatic rings. The Bertz CT molecular complexity index is 2150. The molecule has 7 rings (SSSR count). The predicted molar refractivity (Wildman–Crippen MR) is 216 cm³/mol. The average Bonchev–Trinajstić information content (AvgIpc) is 3.94. The molecule has 1 aromatic heterocycles. The van der Waals surface area contributed by atoms with Crippen LogP contribution in [0.5, 0.6) is 17.2 Å². The average molecular weight is 759 g/mol. The molecule has 0 bridgehead atoms. The van der Waals surface area contributed by atoms with Crippen LogP contribution in [0.15, 0.2) is 91.1 Å². The highest BCUT2D eigenvalue weighted by Gasteiger charge is 2.38. The first kappa shape index (κ1) is 38.0. The number of nitrogens with one attached hydrogen (secondary N) is 2. The second-order valence-electron chi connectivity index (χ2n) is 14.1. The summed E-state index contributed by atoms with van der Waals surface area (Å²) in [6.07, 6.45) is 6.72. The number of para-hydroxylation sites is 1. The van der Waals surface area contributed by atoms with Crippen molar-refractivity contribution in [1.82, 2.24) is 20.1 Å². The van der Waals surface area contributed by atoms with E-state index >= 15 is 0 Å². The van der Waals surface area contributed by atoms with Gasteiger partial charge in [-0.3, -0.25) is 19.6 Å². The van der Waals surface area contributed by atoms with E-state index in [1.807, 2.05) is 67.6 Å². The summed E-state index contributed by atoms with van der Waals surface area (Å²) in [5.74, 6) is 0.997. The molecule has 2 aliphatic rings. The molecule has 2 aliphatic heterocycles. The summed E-state index contributed by atoms with van der Waals surface area (Å²) in [6, 6.07) is 28.4. The zero-order valence-electron chi connectivity index (χ0n) is 31.1. The van der Waals surface area contributed by atoms with Crippen molar-refractivity contribution in [3.05, 3.63) is 118 Å². The highest BCUT2D eigenvalue weighted by atomic mass is 35.5. The fraction of sp³-hybridized carbons (Fsp3) is 0.341. The van der Waals surface area contributed by atoms with E-state index in [4.69, 9.17) is 26.1 Å². The summed E-state index contributed by atoms with van der Waals surface area (Å²) in [5, 5.41) is 28.5. The summed E-state index contributed by atoms with van der Waals surface area (Å²) in [7, 11) is 0. The SMILES string of the molecule is CCOc1ccc2c(Nc3ccc(OCc4ccccc4)c(Cl)c3)c(C#N)cnc2c1C(C(CCNC(=O)c1ccccc1O)N1CCCC1)N1CCCC1. The Morgan fingerprint density at radius 3 is 2.35 bits per heavy atom. The van der Waals surface area contributed by atoms with E-state index in [9.17, 15) is 15.2 Å². The lowest BCUT2D eigenvalue weighted by Gasteiger charge is -2.41. The Morgan fingerprint density at radius 1 is 0.927 bits per heavy atom. The van der Waals surface area contributed by atoms with Crippen molar-refractivity contribution in [2.45, 2.75) is 57.7 Å². The molecule has 4 aromatic carbocycles. The number of benzene rings is 4. The van der Waals surface area contributed by atoms with Gasteiger partial charge in [0.25, 0.3) is 5.91 Å². The van der Waals surface area contributed by atoms with Gasteiger partial charge in [-0.15, -0.1) is 0 Å². The smallest absolute Gasteiger partial charge is 0.255 e. The van der Waals surface area contributed by atoms with E-state index in [1.165, 1.54) is 6.07 Å².